The number of nitro groups is 1. The van der Waals surface area contributed by atoms with Gasteiger partial charge in [-0.15, -0.1) is 0 Å². The van der Waals surface area contributed by atoms with Gasteiger partial charge in [-0.2, -0.15) is 4.39 Å². The van der Waals surface area contributed by atoms with E-state index in [1.54, 1.807) is 0 Å². The molecule has 1 aliphatic heterocycles. The molecule has 2 N–H and O–H groups in total. The van der Waals surface area contributed by atoms with E-state index in [2.05, 4.69) is 10.0 Å². The molecule has 7 nitrogen and oxygen atoms in total. The number of sulfonamides is 1. The summed E-state index contributed by atoms with van der Waals surface area (Å²) in [6.45, 7) is 1.02. The normalized spacial score (nSPS) is 16.3. The third-order valence-electron chi connectivity index (χ3n) is 2.53. The van der Waals surface area contributed by atoms with Gasteiger partial charge in [0, 0.05) is 31.3 Å². The molecular weight excluding hydrogens is 265 g/mol. The van der Waals surface area contributed by atoms with Crippen molar-refractivity contribution in [3.63, 3.8) is 0 Å². The van der Waals surface area contributed by atoms with Crippen LogP contribution in [0.5, 0.6) is 0 Å². The van der Waals surface area contributed by atoms with Crippen LogP contribution in [-0.4, -0.2) is 32.5 Å². The van der Waals surface area contributed by atoms with Gasteiger partial charge in [0.15, 0.2) is 0 Å². The first-order valence-electron chi connectivity index (χ1n) is 5.07. The Kier molecular flexibility index (Phi) is 3.28. The molecule has 1 fully saturated rings. The van der Waals surface area contributed by atoms with Crippen LogP contribution in [0.15, 0.2) is 23.1 Å². The molecule has 1 aromatic carbocycles. The molecule has 1 aliphatic rings. The molecule has 9 heteroatoms. The Morgan fingerprint density at radius 1 is 1.44 bits per heavy atom. The van der Waals surface area contributed by atoms with Gasteiger partial charge in [0.25, 0.3) is 0 Å². The predicted octanol–water partition coefficient (Wildman–Crippen LogP) is -0.0160. The third kappa shape index (κ3) is 2.47. The zero-order valence-corrected chi connectivity index (χ0v) is 9.91. The van der Waals surface area contributed by atoms with Crippen molar-refractivity contribution >= 4 is 15.7 Å². The monoisotopic (exact) mass is 275 g/mol. The average molecular weight is 275 g/mol. The van der Waals surface area contributed by atoms with Gasteiger partial charge in [0.1, 0.15) is 0 Å². The second-order valence-electron chi connectivity index (χ2n) is 3.85. The molecule has 0 amide bonds. The zero-order valence-electron chi connectivity index (χ0n) is 9.09. The van der Waals surface area contributed by atoms with E-state index in [1.165, 1.54) is 0 Å². The summed E-state index contributed by atoms with van der Waals surface area (Å²) in [5.74, 6) is -1.17. The van der Waals surface area contributed by atoms with Gasteiger partial charge >= 0.3 is 5.69 Å². The molecule has 0 bridgehead atoms. The van der Waals surface area contributed by atoms with Gasteiger partial charge in [-0.1, -0.05) is 0 Å². The van der Waals surface area contributed by atoms with Crippen molar-refractivity contribution in [1.82, 2.24) is 10.0 Å². The van der Waals surface area contributed by atoms with Gasteiger partial charge in [-0.25, -0.2) is 13.1 Å². The van der Waals surface area contributed by atoms with Crippen LogP contribution in [0.1, 0.15) is 0 Å². The predicted molar refractivity (Wildman–Crippen MR) is 60.0 cm³/mol. The molecular formula is C9H10FN3O4S. The SMILES string of the molecule is O=[N+]([O-])c1ccc(S(=O)(=O)NC2CNC2)cc1F. The smallest absolute Gasteiger partial charge is 0.304 e. The van der Waals surface area contributed by atoms with Crippen LogP contribution in [0, 0.1) is 15.9 Å². The maximum Gasteiger partial charge on any atom is 0.304 e. The van der Waals surface area contributed by atoms with E-state index in [0.29, 0.717) is 19.2 Å². The van der Waals surface area contributed by atoms with Gasteiger partial charge in [0.05, 0.1) is 9.82 Å². The molecule has 0 aliphatic carbocycles. The standard InChI is InChI=1S/C9H10FN3O4S/c10-8-3-7(1-2-9(8)13(14)15)18(16,17)12-6-4-11-5-6/h1-3,6,11-12H,4-5H2. The number of benzene rings is 1. The van der Waals surface area contributed by atoms with Crippen molar-refractivity contribution in [2.45, 2.75) is 10.9 Å². The number of hydrogen-bond acceptors (Lipinski definition) is 5. The number of halogens is 1. The molecule has 0 spiro atoms. The lowest BCUT2D eigenvalue weighted by molar-refractivity contribution is -0.387. The van der Waals surface area contributed by atoms with Gasteiger partial charge in [-0.3, -0.25) is 10.1 Å². The summed E-state index contributed by atoms with van der Waals surface area (Å²) >= 11 is 0. The summed E-state index contributed by atoms with van der Waals surface area (Å²) in [7, 11) is -3.84. The van der Waals surface area contributed by atoms with Crippen LogP contribution >= 0.6 is 0 Å². The van der Waals surface area contributed by atoms with Crippen molar-refractivity contribution < 1.29 is 17.7 Å². The van der Waals surface area contributed by atoms with Crippen LogP contribution in [0.25, 0.3) is 0 Å². The van der Waals surface area contributed by atoms with Crippen LogP contribution in [0.3, 0.4) is 0 Å². The lowest BCUT2D eigenvalue weighted by atomic mass is 10.2. The lowest BCUT2D eigenvalue weighted by Crippen LogP contribution is -2.56. The Morgan fingerprint density at radius 2 is 2.11 bits per heavy atom. The van der Waals surface area contributed by atoms with E-state index in [9.17, 15) is 22.9 Å². The number of rotatable bonds is 4. The Labute approximate surface area is 102 Å². The molecule has 0 radical (unpaired) electrons. The van der Waals surface area contributed by atoms with Crippen molar-refractivity contribution in [3.05, 3.63) is 34.1 Å². The minimum Gasteiger partial charge on any atom is -0.313 e. The van der Waals surface area contributed by atoms with Gasteiger partial charge < -0.3 is 5.32 Å². The summed E-state index contributed by atoms with van der Waals surface area (Å²) in [6, 6.07) is 2.26. The van der Waals surface area contributed by atoms with Crippen LogP contribution < -0.4 is 10.0 Å². The first-order chi connectivity index (χ1) is 8.40. The van der Waals surface area contributed by atoms with Gasteiger partial charge in [-0.05, 0) is 6.07 Å². The van der Waals surface area contributed by atoms with Crippen LogP contribution in [0.2, 0.25) is 0 Å². The Bertz CT molecular complexity index is 585. The van der Waals surface area contributed by atoms with E-state index >= 15 is 0 Å². The molecule has 98 valence electrons. The lowest BCUT2D eigenvalue weighted by Gasteiger charge is -2.27. The first-order valence-corrected chi connectivity index (χ1v) is 6.55. The van der Waals surface area contributed by atoms with Crippen LogP contribution in [-0.2, 0) is 10.0 Å². The summed E-state index contributed by atoms with van der Waals surface area (Å²) in [4.78, 5) is 9.18. The fourth-order valence-corrected chi connectivity index (χ4v) is 2.71. The number of nitrogens with zero attached hydrogens (tertiary/aromatic N) is 1. The fourth-order valence-electron chi connectivity index (χ4n) is 1.46. The quantitative estimate of drug-likeness (QED) is 0.594. The molecule has 0 saturated carbocycles. The van der Waals surface area contributed by atoms with E-state index < -0.39 is 26.5 Å². The highest BCUT2D eigenvalue weighted by molar-refractivity contribution is 7.89. The average Bonchev–Trinajstić information content (AvgIpc) is 2.23. The molecule has 0 aromatic heterocycles. The minimum atomic E-state index is -3.84. The zero-order chi connectivity index (χ0) is 13.3. The van der Waals surface area contributed by atoms with Crippen molar-refractivity contribution in [2.24, 2.45) is 0 Å². The first kappa shape index (κ1) is 12.9. The molecule has 0 atom stereocenters. The van der Waals surface area contributed by atoms with E-state index in [0.717, 1.165) is 12.1 Å². The molecule has 1 saturated heterocycles. The highest BCUT2D eigenvalue weighted by Gasteiger charge is 2.26. The third-order valence-corrected chi connectivity index (χ3v) is 4.05. The fraction of sp³-hybridized carbons (Fsp3) is 0.333. The second kappa shape index (κ2) is 4.59. The summed E-state index contributed by atoms with van der Waals surface area (Å²) < 4.78 is 39.3. The summed E-state index contributed by atoms with van der Waals surface area (Å²) in [5.41, 5.74) is -0.751. The number of nitro benzene ring substituents is 1. The Morgan fingerprint density at radius 3 is 2.56 bits per heavy atom. The topological polar surface area (TPSA) is 101 Å². The van der Waals surface area contributed by atoms with Crippen LogP contribution in [0.4, 0.5) is 10.1 Å². The van der Waals surface area contributed by atoms with Gasteiger partial charge in [0.2, 0.25) is 15.8 Å². The second-order valence-corrected chi connectivity index (χ2v) is 5.56. The Balaban J connectivity index is 2.27. The highest BCUT2D eigenvalue weighted by atomic mass is 32.2. The minimum absolute atomic E-state index is 0.228. The number of nitrogens with one attached hydrogen (secondary N) is 2. The maximum atomic E-state index is 13.3. The maximum absolute atomic E-state index is 13.3. The molecule has 18 heavy (non-hydrogen) atoms. The highest BCUT2D eigenvalue weighted by Crippen LogP contribution is 2.20. The molecule has 1 heterocycles. The molecule has 0 unspecified atom stereocenters. The molecule has 2 rings (SSSR count). The summed E-state index contributed by atoms with van der Waals surface area (Å²) in [5, 5.41) is 13.3. The van der Waals surface area contributed by atoms with Crippen molar-refractivity contribution in [3.8, 4) is 0 Å². The van der Waals surface area contributed by atoms with Crippen molar-refractivity contribution in [2.75, 3.05) is 13.1 Å². The van der Waals surface area contributed by atoms with E-state index in [1.807, 2.05) is 0 Å². The van der Waals surface area contributed by atoms with E-state index in [-0.39, 0.29) is 10.9 Å². The van der Waals surface area contributed by atoms with E-state index in [4.69, 9.17) is 0 Å². The Hall–Kier alpha value is -1.58. The van der Waals surface area contributed by atoms with Crippen molar-refractivity contribution in [1.29, 1.82) is 0 Å². The largest absolute Gasteiger partial charge is 0.313 e. The summed E-state index contributed by atoms with van der Waals surface area (Å²) in [6.07, 6.45) is 0. The number of hydrogen-bond donors (Lipinski definition) is 2. The molecule has 1 aromatic rings.